The maximum Gasteiger partial charge on any atom is 0.123 e. The molecule has 3 atom stereocenters. The highest BCUT2D eigenvalue weighted by Gasteiger charge is 2.54. The van der Waals surface area contributed by atoms with Crippen molar-refractivity contribution >= 4 is 22.6 Å². The topological polar surface area (TPSA) is 39.1 Å². The molecule has 1 saturated carbocycles. The Bertz CT molecular complexity index is 695. The third-order valence-electron chi connectivity index (χ3n) is 5.21. The molecule has 1 N–H and O–H groups in total. The van der Waals surface area contributed by atoms with Crippen LogP contribution >= 0.6 is 11.6 Å². The number of fused-ring (bicyclic) bond motifs is 1. The summed E-state index contributed by atoms with van der Waals surface area (Å²) < 4.78 is 7.71. The van der Waals surface area contributed by atoms with E-state index in [0.717, 1.165) is 28.4 Å². The fourth-order valence-electron chi connectivity index (χ4n) is 4.13. The zero-order valence-corrected chi connectivity index (χ0v) is 14.6. The molecule has 4 nitrogen and oxygen atoms in total. The first-order valence-corrected chi connectivity index (χ1v) is 8.11. The van der Waals surface area contributed by atoms with E-state index in [1.165, 1.54) is 0 Å². The summed E-state index contributed by atoms with van der Waals surface area (Å²) in [5.41, 5.74) is 2.20. The summed E-state index contributed by atoms with van der Waals surface area (Å²) in [5.74, 6) is 1.53. The molecule has 120 valence electrons. The van der Waals surface area contributed by atoms with Gasteiger partial charge in [-0.15, -0.1) is 0 Å². The van der Waals surface area contributed by atoms with E-state index in [-0.39, 0.29) is 5.41 Å². The van der Waals surface area contributed by atoms with Crippen LogP contribution in [0.4, 0.5) is 0 Å². The van der Waals surface area contributed by atoms with E-state index in [4.69, 9.17) is 21.3 Å². The molecule has 1 aliphatic rings. The molecule has 0 spiro atoms. The van der Waals surface area contributed by atoms with Crippen LogP contribution in [-0.4, -0.2) is 28.8 Å². The van der Waals surface area contributed by atoms with Crippen LogP contribution in [0.3, 0.4) is 0 Å². The lowest BCUT2D eigenvalue weighted by atomic mass is 9.58. The summed E-state index contributed by atoms with van der Waals surface area (Å²) in [6.45, 7) is 7.50. The van der Waals surface area contributed by atoms with Gasteiger partial charge in [0.25, 0.3) is 0 Å². The van der Waals surface area contributed by atoms with Crippen LogP contribution in [0.15, 0.2) is 18.2 Å². The minimum Gasteiger partial charge on any atom is -0.380 e. The van der Waals surface area contributed by atoms with Gasteiger partial charge >= 0.3 is 0 Å². The minimum absolute atomic E-state index is 0.141. The number of aromatic nitrogens is 2. The van der Waals surface area contributed by atoms with Gasteiger partial charge in [-0.2, -0.15) is 0 Å². The largest absolute Gasteiger partial charge is 0.380 e. The predicted octanol–water partition coefficient (Wildman–Crippen LogP) is 3.38. The monoisotopic (exact) mass is 321 g/mol. The number of methoxy groups -OCH3 is 1. The van der Waals surface area contributed by atoms with Crippen LogP contribution in [0, 0.1) is 11.3 Å². The first-order chi connectivity index (χ1) is 10.4. The molecular formula is C17H24ClN3O. The standard InChI is InChI=1S/C17H24ClN3O/c1-10-15(17(2,3)16(10)22-5)19-9-14-20-12-7-6-11(18)8-13(12)21(14)4/h6-8,10,15-16,19H,9H2,1-5H3. The van der Waals surface area contributed by atoms with Crippen LogP contribution in [-0.2, 0) is 18.3 Å². The van der Waals surface area contributed by atoms with Crippen molar-refractivity contribution in [2.24, 2.45) is 18.4 Å². The highest BCUT2D eigenvalue weighted by molar-refractivity contribution is 6.31. The number of hydrogen-bond donors (Lipinski definition) is 1. The maximum absolute atomic E-state index is 6.08. The molecule has 0 radical (unpaired) electrons. The fraction of sp³-hybridized carbons (Fsp3) is 0.588. The fourth-order valence-corrected chi connectivity index (χ4v) is 4.29. The Morgan fingerprint density at radius 2 is 2.14 bits per heavy atom. The number of nitrogens with zero attached hydrogens (tertiary/aromatic N) is 2. The predicted molar refractivity (Wildman–Crippen MR) is 90.1 cm³/mol. The van der Waals surface area contributed by atoms with Gasteiger partial charge in [-0.1, -0.05) is 32.4 Å². The van der Waals surface area contributed by atoms with Gasteiger partial charge in [-0.25, -0.2) is 4.98 Å². The molecule has 2 aromatic rings. The van der Waals surface area contributed by atoms with Crippen LogP contribution in [0.5, 0.6) is 0 Å². The van der Waals surface area contributed by atoms with Gasteiger partial charge in [0.1, 0.15) is 5.82 Å². The quantitative estimate of drug-likeness (QED) is 0.938. The zero-order valence-electron chi connectivity index (χ0n) is 13.9. The van der Waals surface area contributed by atoms with Crippen molar-refractivity contribution in [3.05, 3.63) is 29.0 Å². The third kappa shape index (κ3) is 2.34. The van der Waals surface area contributed by atoms with E-state index in [1.807, 2.05) is 25.2 Å². The van der Waals surface area contributed by atoms with Crippen molar-refractivity contribution in [2.45, 2.75) is 39.5 Å². The second kappa shape index (κ2) is 5.52. The summed E-state index contributed by atoms with van der Waals surface area (Å²) in [5, 5.41) is 4.40. The van der Waals surface area contributed by atoms with E-state index in [9.17, 15) is 0 Å². The van der Waals surface area contributed by atoms with Crippen molar-refractivity contribution in [1.82, 2.24) is 14.9 Å². The number of aryl methyl sites for hydroxylation is 1. The third-order valence-corrected chi connectivity index (χ3v) is 5.44. The molecule has 3 rings (SSSR count). The van der Waals surface area contributed by atoms with Crippen molar-refractivity contribution in [2.75, 3.05) is 7.11 Å². The smallest absolute Gasteiger partial charge is 0.123 e. The maximum atomic E-state index is 6.08. The summed E-state index contributed by atoms with van der Waals surface area (Å²) in [7, 11) is 3.84. The molecule has 1 aromatic carbocycles. The first-order valence-electron chi connectivity index (χ1n) is 7.73. The Balaban J connectivity index is 1.76. The molecule has 0 saturated heterocycles. The second-order valence-corrected chi connectivity index (χ2v) is 7.35. The molecule has 3 unspecified atom stereocenters. The second-order valence-electron chi connectivity index (χ2n) is 6.92. The SMILES string of the molecule is COC1C(C)C(NCc2nc3ccc(Cl)cc3n2C)C1(C)C. The Hall–Kier alpha value is -1.10. The highest BCUT2D eigenvalue weighted by atomic mass is 35.5. The lowest BCUT2D eigenvalue weighted by Gasteiger charge is -2.56. The average Bonchev–Trinajstić information content (AvgIpc) is 2.76. The number of nitrogens with one attached hydrogen (secondary N) is 1. The Morgan fingerprint density at radius 3 is 2.77 bits per heavy atom. The molecule has 0 aliphatic heterocycles. The highest BCUT2D eigenvalue weighted by Crippen LogP contribution is 2.46. The number of ether oxygens (including phenoxy) is 1. The number of benzene rings is 1. The number of hydrogen-bond acceptors (Lipinski definition) is 3. The minimum atomic E-state index is 0.141. The van der Waals surface area contributed by atoms with Gasteiger partial charge in [0, 0.05) is 30.6 Å². The molecule has 5 heteroatoms. The normalized spacial score (nSPS) is 27.1. The van der Waals surface area contributed by atoms with Crippen LogP contribution in [0.25, 0.3) is 11.0 Å². The molecular weight excluding hydrogens is 298 g/mol. The van der Waals surface area contributed by atoms with Crippen molar-refractivity contribution < 1.29 is 4.74 Å². The molecule has 1 aromatic heterocycles. The lowest BCUT2D eigenvalue weighted by molar-refractivity contribution is -0.145. The van der Waals surface area contributed by atoms with Gasteiger partial charge in [0.05, 0.1) is 23.7 Å². The van der Waals surface area contributed by atoms with Crippen LogP contribution in [0.2, 0.25) is 5.02 Å². The lowest BCUT2D eigenvalue weighted by Crippen LogP contribution is -2.66. The van der Waals surface area contributed by atoms with Crippen molar-refractivity contribution in [3.63, 3.8) is 0 Å². The average molecular weight is 322 g/mol. The van der Waals surface area contributed by atoms with Gasteiger partial charge < -0.3 is 14.6 Å². The Morgan fingerprint density at radius 1 is 1.41 bits per heavy atom. The Kier molecular flexibility index (Phi) is 3.96. The summed E-state index contributed by atoms with van der Waals surface area (Å²) >= 11 is 6.08. The zero-order chi connectivity index (χ0) is 16.1. The number of rotatable bonds is 4. The summed E-state index contributed by atoms with van der Waals surface area (Å²) in [6, 6.07) is 6.25. The number of halogens is 1. The van der Waals surface area contributed by atoms with Crippen molar-refractivity contribution in [3.8, 4) is 0 Å². The first kappa shape index (κ1) is 15.8. The van der Waals surface area contributed by atoms with Gasteiger partial charge in [0.15, 0.2) is 0 Å². The Labute approximate surface area is 136 Å². The van der Waals surface area contributed by atoms with Gasteiger partial charge in [-0.3, -0.25) is 0 Å². The molecule has 0 bridgehead atoms. The summed E-state index contributed by atoms with van der Waals surface area (Å²) in [6.07, 6.45) is 0.309. The van der Waals surface area contributed by atoms with Crippen LogP contribution in [0.1, 0.15) is 26.6 Å². The molecule has 1 fully saturated rings. The van der Waals surface area contributed by atoms with Crippen molar-refractivity contribution in [1.29, 1.82) is 0 Å². The van der Waals surface area contributed by atoms with Gasteiger partial charge in [0.2, 0.25) is 0 Å². The molecule has 1 heterocycles. The van der Waals surface area contributed by atoms with E-state index < -0.39 is 0 Å². The molecule has 0 amide bonds. The van der Waals surface area contributed by atoms with E-state index in [1.54, 1.807) is 7.11 Å². The molecule has 1 aliphatic carbocycles. The van der Waals surface area contributed by atoms with E-state index >= 15 is 0 Å². The van der Waals surface area contributed by atoms with Gasteiger partial charge in [-0.05, 0) is 24.1 Å². The van der Waals surface area contributed by atoms with E-state index in [0.29, 0.717) is 18.1 Å². The van der Waals surface area contributed by atoms with E-state index in [2.05, 4.69) is 30.7 Å². The van der Waals surface area contributed by atoms with Crippen LogP contribution < -0.4 is 5.32 Å². The summed E-state index contributed by atoms with van der Waals surface area (Å²) in [4.78, 5) is 4.71. The number of imidazole rings is 1. The molecule has 22 heavy (non-hydrogen) atoms.